The van der Waals surface area contributed by atoms with E-state index in [1.54, 1.807) is 42.7 Å². The quantitative estimate of drug-likeness (QED) is 0.713. The van der Waals surface area contributed by atoms with Gasteiger partial charge in [0.05, 0.1) is 19.4 Å². The van der Waals surface area contributed by atoms with Crippen LogP contribution in [0.15, 0.2) is 47.1 Å². The Labute approximate surface area is 153 Å². The SMILES string of the molecule is O=C(CNC1CCCCC1)Nc1ccc(C(=O)NCc2ccco2)cc1. The number of hydrogen-bond donors (Lipinski definition) is 3. The van der Waals surface area contributed by atoms with Crippen LogP contribution >= 0.6 is 0 Å². The van der Waals surface area contributed by atoms with Gasteiger partial charge in [-0.2, -0.15) is 0 Å². The Morgan fingerprint density at radius 3 is 2.50 bits per heavy atom. The average Bonchev–Trinajstić information content (AvgIpc) is 3.19. The van der Waals surface area contributed by atoms with Crippen LogP contribution in [0.2, 0.25) is 0 Å². The fourth-order valence-corrected chi connectivity index (χ4v) is 3.14. The summed E-state index contributed by atoms with van der Waals surface area (Å²) in [5.41, 5.74) is 1.22. The third-order valence-electron chi connectivity index (χ3n) is 4.59. The fourth-order valence-electron chi connectivity index (χ4n) is 3.14. The molecule has 1 aromatic heterocycles. The lowest BCUT2D eigenvalue weighted by Gasteiger charge is -2.22. The van der Waals surface area contributed by atoms with Crippen LogP contribution in [-0.2, 0) is 11.3 Å². The summed E-state index contributed by atoms with van der Waals surface area (Å²) in [5, 5.41) is 8.96. The zero-order valence-corrected chi connectivity index (χ0v) is 14.8. The molecular formula is C20H25N3O3. The van der Waals surface area contributed by atoms with Crippen molar-refractivity contribution in [3.63, 3.8) is 0 Å². The van der Waals surface area contributed by atoms with Gasteiger partial charge in [0.1, 0.15) is 5.76 Å². The van der Waals surface area contributed by atoms with E-state index in [0.717, 1.165) is 12.8 Å². The topological polar surface area (TPSA) is 83.4 Å². The van der Waals surface area contributed by atoms with Gasteiger partial charge in [-0.3, -0.25) is 9.59 Å². The zero-order chi connectivity index (χ0) is 18.2. The lowest BCUT2D eigenvalue weighted by atomic mass is 9.95. The first-order valence-corrected chi connectivity index (χ1v) is 9.14. The van der Waals surface area contributed by atoms with Gasteiger partial charge >= 0.3 is 0 Å². The Hall–Kier alpha value is -2.60. The highest BCUT2D eigenvalue weighted by Crippen LogP contribution is 2.17. The standard InChI is InChI=1S/C20H25N3O3/c24-19(14-21-16-5-2-1-3-6-16)23-17-10-8-15(9-11-17)20(25)22-13-18-7-4-12-26-18/h4,7-12,16,21H,1-3,5-6,13-14H2,(H,22,25)(H,23,24). The maximum absolute atomic E-state index is 12.1. The Bertz CT molecular complexity index is 704. The van der Waals surface area contributed by atoms with Crippen molar-refractivity contribution in [1.29, 1.82) is 0 Å². The van der Waals surface area contributed by atoms with E-state index in [4.69, 9.17) is 4.42 Å². The summed E-state index contributed by atoms with van der Waals surface area (Å²) in [6.07, 6.45) is 7.64. The van der Waals surface area contributed by atoms with Crippen molar-refractivity contribution in [3.8, 4) is 0 Å². The molecule has 1 aliphatic rings. The summed E-state index contributed by atoms with van der Waals surface area (Å²) in [6, 6.07) is 10.9. The second kappa shape index (κ2) is 9.20. The second-order valence-corrected chi connectivity index (χ2v) is 6.60. The molecule has 1 fully saturated rings. The first-order chi connectivity index (χ1) is 12.7. The number of rotatable bonds is 7. The van der Waals surface area contributed by atoms with Crippen LogP contribution in [0.1, 0.15) is 48.2 Å². The Morgan fingerprint density at radius 2 is 1.81 bits per heavy atom. The van der Waals surface area contributed by atoms with Gasteiger partial charge < -0.3 is 20.4 Å². The normalized spacial score (nSPS) is 14.8. The van der Waals surface area contributed by atoms with E-state index in [0.29, 0.717) is 36.1 Å². The molecule has 2 aromatic rings. The maximum Gasteiger partial charge on any atom is 0.251 e. The van der Waals surface area contributed by atoms with Gasteiger partial charge in [0.15, 0.2) is 0 Å². The Kier molecular flexibility index (Phi) is 6.44. The highest BCUT2D eigenvalue weighted by Gasteiger charge is 2.14. The molecule has 0 bridgehead atoms. The molecule has 0 radical (unpaired) electrons. The third-order valence-corrected chi connectivity index (χ3v) is 4.59. The number of amides is 2. The van der Waals surface area contributed by atoms with Crippen LogP contribution in [0.3, 0.4) is 0 Å². The van der Waals surface area contributed by atoms with Gasteiger partial charge in [0.2, 0.25) is 5.91 Å². The lowest BCUT2D eigenvalue weighted by Crippen LogP contribution is -2.37. The minimum Gasteiger partial charge on any atom is -0.467 e. The predicted octanol–water partition coefficient (Wildman–Crippen LogP) is 3.07. The number of hydrogen-bond acceptors (Lipinski definition) is 4. The molecule has 3 rings (SSSR count). The molecule has 1 saturated carbocycles. The first-order valence-electron chi connectivity index (χ1n) is 9.14. The lowest BCUT2D eigenvalue weighted by molar-refractivity contribution is -0.115. The predicted molar refractivity (Wildman–Crippen MR) is 99.8 cm³/mol. The van der Waals surface area contributed by atoms with E-state index in [1.165, 1.54) is 19.3 Å². The largest absolute Gasteiger partial charge is 0.467 e. The molecular weight excluding hydrogens is 330 g/mol. The van der Waals surface area contributed by atoms with Crippen molar-refractivity contribution in [2.45, 2.75) is 44.7 Å². The van der Waals surface area contributed by atoms with Crippen molar-refractivity contribution < 1.29 is 14.0 Å². The van der Waals surface area contributed by atoms with E-state index in [9.17, 15) is 9.59 Å². The van der Waals surface area contributed by atoms with E-state index >= 15 is 0 Å². The summed E-state index contributed by atoms with van der Waals surface area (Å²) < 4.78 is 5.18. The molecule has 26 heavy (non-hydrogen) atoms. The first kappa shape index (κ1) is 18.2. The van der Waals surface area contributed by atoms with Crippen LogP contribution in [0.5, 0.6) is 0 Å². The van der Waals surface area contributed by atoms with Crippen molar-refractivity contribution in [3.05, 3.63) is 54.0 Å². The number of carbonyl (C=O) groups excluding carboxylic acids is 2. The Morgan fingerprint density at radius 1 is 1.04 bits per heavy atom. The van der Waals surface area contributed by atoms with Crippen molar-refractivity contribution in [2.24, 2.45) is 0 Å². The molecule has 1 heterocycles. The van der Waals surface area contributed by atoms with Gasteiger partial charge in [0.25, 0.3) is 5.91 Å². The molecule has 0 unspecified atom stereocenters. The number of nitrogens with one attached hydrogen (secondary N) is 3. The molecule has 0 saturated heterocycles. The third kappa shape index (κ3) is 5.46. The number of benzene rings is 1. The number of carbonyl (C=O) groups is 2. The summed E-state index contributed by atoms with van der Waals surface area (Å²) >= 11 is 0. The van der Waals surface area contributed by atoms with E-state index in [2.05, 4.69) is 16.0 Å². The van der Waals surface area contributed by atoms with Gasteiger partial charge in [0, 0.05) is 17.3 Å². The molecule has 138 valence electrons. The highest BCUT2D eigenvalue weighted by molar-refractivity contribution is 5.96. The molecule has 6 heteroatoms. The maximum atomic E-state index is 12.1. The molecule has 1 aliphatic carbocycles. The minimum absolute atomic E-state index is 0.0643. The molecule has 0 aliphatic heterocycles. The molecule has 0 atom stereocenters. The monoisotopic (exact) mass is 355 g/mol. The smallest absolute Gasteiger partial charge is 0.251 e. The average molecular weight is 355 g/mol. The van der Waals surface area contributed by atoms with E-state index in [-0.39, 0.29) is 11.8 Å². The van der Waals surface area contributed by atoms with Crippen LogP contribution in [-0.4, -0.2) is 24.4 Å². The fraction of sp³-hybridized carbons (Fsp3) is 0.400. The Balaban J connectivity index is 1.42. The van der Waals surface area contributed by atoms with Crippen LogP contribution in [0.4, 0.5) is 5.69 Å². The van der Waals surface area contributed by atoms with E-state index in [1.807, 2.05) is 0 Å². The number of anilines is 1. The zero-order valence-electron chi connectivity index (χ0n) is 14.8. The van der Waals surface area contributed by atoms with Gasteiger partial charge in [-0.15, -0.1) is 0 Å². The summed E-state index contributed by atoms with van der Waals surface area (Å²) in [4.78, 5) is 24.1. The minimum atomic E-state index is -0.182. The van der Waals surface area contributed by atoms with Gasteiger partial charge in [-0.25, -0.2) is 0 Å². The van der Waals surface area contributed by atoms with Gasteiger partial charge in [-0.1, -0.05) is 19.3 Å². The van der Waals surface area contributed by atoms with Crippen LogP contribution in [0.25, 0.3) is 0 Å². The van der Waals surface area contributed by atoms with Crippen LogP contribution in [0, 0.1) is 0 Å². The highest BCUT2D eigenvalue weighted by atomic mass is 16.3. The van der Waals surface area contributed by atoms with E-state index < -0.39 is 0 Å². The van der Waals surface area contributed by atoms with Gasteiger partial charge in [-0.05, 0) is 49.2 Å². The summed E-state index contributed by atoms with van der Waals surface area (Å²) in [7, 11) is 0. The summed E-state index contributed by atoms with van der Waals surface area (Å²) in [5.74, 6) is 0.455. The molecule has 6 nitrogen and oxygen atoms in total. The summed E-state index contributed by atoms with van der Waals surface area (Å²) in [6.45, 7) is 0.660. The molecule has 2 amide bonds. The van der Waals surface area contributed by atoms with Crippen molar-refractivity contribution in [1.82, 2.24) is 10.6 Å². The molecule has 1 aromatic carbocycles. The molecule has 3 N–H and O–H groups in total. The number of furan rings is 1. The second-order valence-electron chi connectivity index (χ2n) is 6.60. The van der Waals surface area contributed by atoms with Crippen LogP contribution < -0.4 is 16.0 Å². The van der Waals surface area contributed by atoms with Crippen molar-refractivity contribution >= 4 is 17.5 Å². The van der Waals surface area contributed by atoms with Crippen molar-refractivity contribution in [2.75, 3.05) is 11.9 Å². The molecule has 0 spiro atoms.